The number of ether oxygens (including phenoxy) is 3. The molecule has 0 aliphatic heterocycles. The van der Waals surface area contributed by atoms with Crippen LogP contribution in [0, 0.1) is 17.6 Å². The van der Waals surface area contributed by atoms with Gasteiger partial charge in [0.1, 0.15) is 0 Å². The molecule has 2 aromatic rings. The van der Waals surface area contributed by atoms with Crippen molar-refractivity contribution in [3.8, 4) is 16.2 Å². The molecule has 3 rings (SSSR count). The number of thiophene rings is 1. The molecule has 0 saturated heterocycles. The Morgan fingerprint density at radius 3 is 2.68 bits per heavy atom. The first-order valence-electron chi connectivity index (χ1n) is 9.50. The van der Waals surface area contributed by atoms with Crippen molar-refractivity contribution in [3.63, 3.8) is 0 Å². The van der Waals surface area contributed by atoms with E-state index in [4.69, 9.17) is 14.2 Å². The van der Waals surface area contributed by atoms with Crippen LogP contribution >= 0.6 is 11.3 Å². The van der Waals surface area contributed by atoms with Gasteiger partial charge in [0.05, 0.1) is 19.8 Å². The van der Waals surface area contributed by atoms with Crippen LogP contribution in [0.2, 0.25) is 0 Å². The Balaban J connectivity index is 1.60. The van der Waals surface area contributed by atoms with E-state index in [0.717, 1.165) is 17.0 Å². The third-order valence-electron chi connectivity index (χ3n) is 4.39. The molecule has 1 heterocycles. The van der Waals surface area contributed by atoms with Gasteiger partial charge in [-0.2, -0.15) is 0 Å². The van der Waals surface area contributed by atoms with E-state index in [9.17, 15) is 13.6 Å². The molecule has 7 heteroatoms. The molecule has 0 radical (unpaired) electrons. The maximum Gasteiger partial charge on any atom is 0.305 e. The summed E-state index contributed by atoms with van der Waals surface area (Å²) in [6, 6.07) is 4.47. The monoisotopic (exact) mass is 410 g/mol. The van der Waals surface area contributed by atoms with E-state index in [1.807, 2.05) is 11.4 Å². The van der Waals surface area contributed by atoms with Crippen LogP contribution in [-0.4, -0.2) is 25.8 Å². The zero-order valence-corrected chi connectivity index (χ0v) is 16.7. The van der Waals surface area contributed by atoms with Crippen LogP contribution in [0.5, 0.6) is 5.75 Å². The van der Waals surface area contributed by atoms with Gasteiger partial charge in [0.15, 0.2) is 17.4 Å². The third kappa shape index (κ3) is 5.75. The summed E-state index contributed by atoms with van der Waals surface area (Å²) in [5.74, 6) is -1.63. The van der Waals surface area contributed by atoms with E-state index in [1.165, 1.54) is 36.3 Å². The van der Waals surface area contributed by atoms with E-state index in [1.54, 1.807) is 6.92 Å². The van der Waals surface area contributed by atoms with E-state index in [-0.39, 0.29) is 19.0 Å². The lowest BCUT2D eigenvalue weighted by Crippen LogP contribution is -2.08. The minimum absolute atomic E-state index is 0.0330. The number of halogens is 2. The maximum absolute atomic E-state index is 14.4. The Kier molecular flexibility index (Phi) is 7.39. The maximum atomic E-state index is 14.4. The van der Waals surface area contributed by atoms with Crippen LogP contribution in [0.15, 0.2) is 23.6 Å². The Hall–Kier alpha value is -1.99. The zero-order valence-electron chi connectivity index (χ0n) is 15.8. The zero-order chi connectivity index (χ0) is 19.9. The van der Waals surface area contributed by atoms with Crippen molar-refractivity contribution in [1.82, 2.24) is 0 Å². The van der Waals surface area contributed by atoms with Gasteiger partial charge in [-0.15, -0.1) is 11.3 Å². The lowest BCUT2D eigenvalue weighted by molar-refractivity contribution is -0.143. The van der Waals surface area contributed by atoms with E-state index in [2.05, 4.69) is 0 Å². The fourth-order valence-corrected chi connectivity index (χ4v) is 3.68. The Morgan fingerprint density at radius 2 is 2.00 bits per heavy atom. The normalized spacial score (nSPS) is 13.5. The van der Waals surface area contributed by atoms with Gasteiger partial charge >= 0.3 is 5.97 Å². The predicted octanol–water partition coefficient (Wildman–Crippen LogP) is 5.34. The molecule has 1 aromatic carbocycles. The van der Waals surface area contributed by atoms with Gasteiger partial charge in [0.2, 0.25) is 0 Å². The van der Waals surface area contributed by atoms with Crippen molar-refractivity contribution in [2.75, 3.05) is 19.8 Å². The average molecular weight is 410 g/mol. The standard InChI is InChI=1S/C21H24F2O4S/c1-2-26-19(24)4-3-8-27-20-17(22)10-16(11-18(20)23)21-15(7-9-28-21)13-25-12-14-5-6-14/h7,9-11,14H,2-6,8,12-13H2,1H3. The number of carbonyl (C=O) groups excluding carboxylic acids is 1. The summed E-state index contributed by atoms with van der Waals surface area (Å²) in [5.41, 5.74) is 1.39. The van der Waals surface area contributed by atoms with Gasteiger partial charge in [0, 0.05) is 17.9 Å². The summed E-state index contributed by atoms with van der Waals surface area (Å²) < 4.78 is 44.6. The number of benzene rings is 1. The minimum atomic E-state index is -0.760. The highest BCUT2D eigenvalue weighted by atomic mass is 32.1. The number of rotatable bonds is 11. The SMILES string of the molecule is CCOC(=O)CCCOc1c(F)cc(-c2sccc2COCC2CC2)cc1F. The molecule has 0 N–H and O–H groups in total. The molecule has 0 spiro atoms. The van der Waals surface area contributed by atoms with E-state index in [0.29, 0.717) is 31.1 Å². The van der Waals surface area contributed by atoms with Crippen molar-refractivity contribution >= 4 is 17.3 Å². The average Bonchev–Trinajstić information content (AvgIpc) is 3.36. The Bertz CT molecular complexity index is 778. The smallest absolute Gasteiger partial charge is 0.305 e. The molecule has 0 bridgehead atoms. The first-order chi connectivity index (χ1) is 13.6. The first-order valence-corrected chi connectivity index (χ1v) is 10.4. The molecule has 0 atom stereocenters. The molecule has 152 valence electrons. The Labute approximate surface area is 167 Å². The molecular formula is C21H24F2O4S. The molecule has 1 aliphatic rings. The lowest BCUT2D eigenvalue weighted by atomic mass is 10.1. The number of hydrogen-bond donors (Lipinski definition) is 0. The van der Waals surface area contributed by atoms with Gasteiger partial charge in [-0.25, -0.2) is 8.78 Å². The quantitative estimate of drug-likeness (QED) is 0.370. The van der Waals surface area contributed by atoms with Gasteiger partial charge in [-0.05, 0) is 66.8 Å². The van der Waals surface area contributed by atoms with E-state index >= 15 is 0 Å². The molecule has 28 heavy (non-hydrogen) atoms. The fourth-order valence-electron chi connectivity index (χ4n) is 2.78. The van der Waals surface area contributed by atoms with Gasteiger partial charge in [-0.3, -0.25) is 4.79 Å². The second-order valence-electron chi connectivity index (χ2n) is 6.76. The molecule has 1 aromatic heterocycles. The van der Waals surface area contributed by atoms with Gasteiger partial charge in [-0.1, -0.05) is 0 Å². The summed E-state index contributed by atoms with van der Waals surface area (Å²) in [6.45, 7) is 3.23. The number of carbonyl (C=O) groups is 1. The van der Waals surface area contributed by atoms with Gasteiger partial charge < -0.3 is 14.2 Å². The molecule has 1 fully saturated rings. The second-order valence-corrected chi connectivity index (χ2v) is 7.68. The Morgan fingerprint density at radius 1 is 1.25 bits per heavy atom. The third-order valence-corrected chi connectivity index (χ3v) is 5.40. The van der Waals surface area contributed by atoms with Crippen molar-refractivity contribution in [3.05, 3.63) is 40.8 Å². The molecular weight excluding hydrogens is 386 g/mol. The molecule has 1 aliphatic carbocycles. The largest absolute Gasteiger partial charge is 0.488 e. The van der Waals surface area contributed by atoms with Crippen LogP contribution in [0.25, 0.3) is 10.4 Å². The second kappa shape index (κ2) is 9.98. The summed E-state index contributed by atoms with van der Waals surface area (Å²) in [4.78, 5) is 12.1. The van der Waals surface area contributed by atoms with Crippen molar-refractivity contribution in [2.24, 2.45) is 5.92 Å². The van der Waals surface area contributed by atoms with Gasteiger partial charge in [0.25, 0.3) is 0 Å². The van der Waals surface area contributed by atoms with Crippen LogP contribution < -0.4 is 4.74 Å². The molecule has 4 nitrogen and oxygen atoms in total. The van der Waals surface area contributed by atoms with Crippen LogP contribution in [0.1, 0.15) is 38.2 Å². The highest BCUT2D eigenvalue weighted by Crippen LogP contribution is 2.35. The van der Waals surface area contributed by atoms with Crippen LogP contribution in [0.4, 0.5) is 8.78 Å². The molecule has 1 saturated carbocycles. The highest BCUT2D eigenvalue weighted by Gasteiger charge is 2.22. The summed E-state index contributed by atoms with van der Waals surface area (Å²) in [5, 5.41) is 1.89. The molecule has 0 unspecified atom stereocenters. The van der Waals surface area contributed by atoms with Crippen molar-refractivity contribution in [2.45, 2.75) is 39.2 Å². The lowest BCUT2D eigenvalue weighted by Gasteiger charge is -2.11. The summed E-state index contributed by atoms with van der Waals surface area (Å²) >= 11 is 1.42. The van der Waals surface area contributed by atoms with Crippen LogP contribution in [-0.2, 0) is 20.9 Å². The molecule has 0 amide bonds. The van der Waals surface area contributed by atoms with Crippen molar-refractivity contribution in [1.29, 1.82) is 0 Å². The topological polar surface area (TPSA) is 44.8 Å². The first kappa shape index (κ1) is 20.7. The number of esters is 1. The van der Waals surface area contributed by atoms with E-state index < -0.39 is 17.4 Å². The highest BCUT2D eigenvalue weighted by molar-refractivity contribution is 7.13. The summed E-state index contributed by atoms with van der Waals surface area (Å²) in [7, 11) is 0. The summed E-state index contributed by atoms with van der Waals surface area (Å²) in [6.07, 6.45) is 2.91. The fraction of sp³-hybridized carbons (Fsp3) is 0.476. The van der Waals surface area contributed by atoms with Crippen molar-refractivity contribution < 1.29 is 27.8 Å². The predicted molar refractivity (Wildman–Crippen MR) is 103 cm³/mol. The minimum Gasteiger partial charge on any atom is -0.488 e. The number of hydrogen-bond acceptors (Lipinski definition) is 5. The van der Waals surface area contributed by atoms with Crippen LogP contribution in [0.3, 0.4) is 0 Å².